The maximum atomic E-state index is 9.54. The molecule has 0 aliphatic carbocycles. The molecule has 0 spiro atoms. The van der Waals surface area contributed by atoms with Crippen molar-refractivity contribution in [2.24, 2.45) is 0 Å². The van der Waals surface area contributed by atoms with Crippen molar-refractivity contribution in [3.8, 4) is 0 Å². The zero-order valence-corrected chi connectivity index (χ0v) is 7.94. The average Bonchev–Trinajstić information content (AvgIpc) is 1.61. The molecule has 0 saturated heterocycles. The molecule has 36 valence electrons. The van der Waals surface area contributed by atoms with Crippen LogP contribution in [0.4, 0.5) is 0 Å². The molecule has 0 radical (unpaired) electrons. The van der Waals surface area contributed by atoms with E-state index in [9.17, 15) is 4.79 Å². The van der Waals surface area contributed by atoms with E-state index in [-0.39, 0.29) is 51.4 Å². The second-order valence-corrected chi connectivity index (χ2v) is 1.16. The van der Waals surface area contributed by atoms with Gasteiger partial charge in [-0.2, -0.15) is 6.42 Å². The van der Waals surface area contributed by atoms with Gasteiger partial charge >= 0.3 is 51.4 Å². The van der Waals surface area contributed by atoms with Gasteiger partial charge in [-0.15, -0.1) is 0 Å². The van der Waals surface area contributed by atoms with Gasteiger partial charge in [0.1, 0.15) is 6.29 Å². The molecule has 1 nitrogen and oxygen atoms in total. The van der Waals surface area contributed by atoms with Crippen LogP contribution in [0.15, 0.2) is 0 Å². The van der Waals surface area contributed by atoms with E-state index in [0.717, 1.165) is 19.1 Å². The Kier molecular flexibility index (Phi) is 16.4. The molecule has 0 bridgehead atoms. The molecule has 0 saturated carbocycles. The Morgan fingerprint density at radius 1 is 1.57 bits per heavy atom. The predicted molar refractivity (Wildman–Crippen MR) is 25.3 cm³/mol. The Morgan fingerprint density at radius 3 is 2.29 bits per heavy atom. The third kappa shape index (κ3) is 11.1. The van der Waals surface area contributed by atoms with Crippen molar-refractivity contribution in [1.82, 2.24) is 0 Å². The number of hydrogen-bond acceptors (Lipinski definition) is 1. The first-order valence-corrected chi connectivity index (χ1v) is 2.14. The van der Waals surface area contributed by atoms with Crippen molar-refractivity contribution in [3.63, 3.8) is 0 Å². The summed E-state index contributed by atoms with van der Waals surface area (Å²) in [7, 11) is 0. The molecule has 0 aromatic carbocycles. The summed E-state index contributed by atoms with van der Waals surface area (Å²) in [6, 6.07) is 0. The van der Waals surface area contributed by atoms with Gasteiger partial charge in [0.2, 0.25) is 0 Å². The minimum absolute atomic E-state index is 0. The number of aldehydes is 1. The van der Waals surface area contributed by atoms with Gasteiger partial charge in [-0.05, 0) is 0 Å². The van der Waals surface area contributed by atoms with Crippen LogP contribution >= 0.6 is 0 Å². The second kappa shape index (κ2) is 10.3. The van der Waals surface area contributed by atoms with E-state index in [4.69, 9.17) is 0 Å². The molecule has 0 rings (SSSR count). The van der Waals surface area contributed by atoms with Crippen LogP contribution in [0.5, 0.6) is 0 Å². The Balaban J connectivity index is 0. The molecule has 0 amide bonds. The molecule has 0 aliphatic rings. The topological polar surface area (TPSA) is 17.1 Å². The number of hydrogen-bond donors (Lipinski definition) is 0. The largest absolute Gasteiger partial charge is 1.00 e. The van der Waals surface area contributed by atoms with Crippen LogP contribution in [0.25, 0.3) is 0 Å². The van der Waals surface area contributed by atoms with Crippen molar-refractivity contribution in [2.45, 2.75) is 19.3 Å². The second-order valence-electron chi connectivity index (χ2n) is 1.16. The molecule has 0 N–H and O–H groups in total. The maximum Gasteiger partial charge on any atom is 1.00 e. The van der Waals surface area contributed by atoms with Crippen LogP contribution < -0.4 is 51.4 Å². The molecule has 0 aliphatic heterocycles. The molecule has 2 heteroatoms. The fourth-order valence-electron chi connectivity index (χ4n) is 0.228. The van der Waals surface area contributed by atoms with Gasteiger partial charge in [-0.1, -0.05) is 6.42 Å². The normalized spacial score (nSPS) is 7.00. The summed E-state index contributed by atoms with van der Waals surface area (Å²) in [6.45, 7) is 3.56. The Bertz CT molecular complexity index is 37.1. The van der Waals surface area contributed by atoms with Crippen LogP contribution in [0.2, 0.25) is 0 Å². The smallest absolute Gasteiger partial charge is 0.343 e. The first kappa shape index (κ1) is 11.1. The summed E-state index contributed by atoms with van der Waals surface area (Å²) in [5, 5.41) is 0. The first-order valence-electron chi connectivity index (χ1n) is 2.14. The van der Waals surface area contributed by atoms with E-state index in [2.05, 4.69) is 6.92 Å². The SMILES string of the molecule is [CH2-]CCCC=O.[K+]. The molecule has 7 heavy (non-hydrogen) atoms. The average molecular weight is 124 g/mol. The van der Waals surface area contributed by atoms with Crippen LogP contribution in [0.1, 0.15) is 19.3 Å². The summed E-state index contributed by atoms with van der Waals surface area (Å²) in [4.78, 5) is 9.54. The van der Waals surface area contributed by atoms with Gasteiger partial charge in [0.25, 0.3) is 0 Å². The van der Waals surface area contributed by atoms with Crippen LogP contribution in [-0.2, 0) is 4.79 Å². The zero-order chi connectivity index (χ0) is 4.83. The van der Waals surface area contributed by atoms with E-state index in [1.807, 2.05) is 0 Å². The van der Waals surface area contributed by atoms with Crippen LogP contribution in [0.3, 0.4) is 0 Å². The molecular weight excluding hydrogens is 115 g/mol. The van der Waals surface area contributed by atoms with Crippen molar-refractivity contribution >= 4 is 6.29 Å². The zero-order valence-electron chi connectivity index (χ0n) is 4.81. The monoisotopic (exact) mass is 124 g/mol. The summed E-state index contributed by atoms with van der Waals surface area (Å²) in [5.41, 5.74) is 0. The minimum Gasteiger partial charge on any atom is -0.343 e. The number of carbonyl (C=O) groups is 1. The summed E-state index contributed by atoms with van der Waals surface area (Å²) in [6.07, 6.45) is 3.40. The van der Waals surface area contributed by atoms with E-state index >= 15 is 0 Å². The Hall–Kier alpha value is 1.31. The minimum atomic E-state index is 0. The standard InChI is InChI=1S/C5H9O.K/c1-2-3-4-5-6;/h5H,1-4H2;/q-1;+1. The van der Waals surface area contributed by atoms with Gasteiger partial charge in [0.05, 0.1) is 0 Å². The van der Waals surface area contributed by atoms with Gasteiger partial charge in [-0.3, -0.25) is 0 Å². The first-order chi connectivity index (χ1) is 2.91. The summed E-state index contributed by atoms with van der Waals surface area (Å²) < 4.78 is 0. The van der Waals surface area contributed by atoms with Crippen molar-refractivity contribution in [1.29, 1.82) is 0 Å². The quantitative estimate of drug-likeness (QED) is 0.188. The Labute approximate surface area is 87.3 Å². The molecule has 0 heterocycles. The van der Waals surface area contributed by atoms with E-state index in [0.29, 0.717) is 6.42 Å². The fourth-order valence-corrected chi connectivity index (χ4v) is 0.228. The maximum absolute atomic E-state index is 9.54. The van der Waals surface area contributed by atoms with Gasteiger partial charge < -0.3 is 11.7 Å². The summed E-state index contributed by atoms with van der Waals surface area (Å²) >= 11 is 0. The molecule has 0 unspecified atom stereocenters. The summed E-state index contributed by atoms with van der Waals surface area (Å²) in [5.74, 6) is 0. The third-order valence-corrected chi connectivity index (χ3v) is 0.572. The van der Waals surface area contributed by atoms with Gasteiger partial charge in [0, 0.05) is 6.42 Å². The third-order valence-electron chi connectivity index (χ3n) is 0.572. The number of unbranched alkanes of at least 4 members (excludes halogenated alkanes) is 2. The fraction of sp³-hybridized carbons (Fsp3) is 0.600. The van der Waals surface area contributed by atoms with Crippen molar-refractivity contribution < 1.29 is 56.2 Å². The number of carbonyl (C=O) groups excluding carboxylic acids is 1. The van der Waals surface area contributed by atoms with Crippen LogP contribution in [0, 0.1) is 6.92 Å². The van der Waals surface area contributed by atoms with Gasteiger partial charge in [0.15, 0.2) is 0 Å². The molecule has 0 fully saturated rings. The molecule has 0 aromatic rings. The van der Waals surface area contributed by atoms with Crippen molar-refractivity contribution in [2.75, 3.05) is 0 Å². The molecular formula is C5H9KO. The molecule has 0 atom stereocenters. The van der Waals surface area contributed by atoms with Gasteiger partial charge in [-0.25, -0.2) is 0 Å². The molecule has 0 aromatic heterocycles. The number of rotatable bonds is 3. The van der Waals surface area contributed by atoms with E-state index in [1.54, 1.807) is 0 Å². The predicted octanol–water partition coefficient (Wildman–Crippen LogP) is -1.81. The van der Waals surface area contributed by atoms with Crippen LogP contribution in [-0.4, -0.2) is 6.29 Å². The van der Waals surface area contributed by atoms with E-state index < -0.39 is 0 Å². The van der Waals surface area contributed by atoms with E-state index in [1.165, 1.54) is 0 Å². The van der Waals surface area contributed by atoms with Crippen molar-refractivity contribution in [3.05, 3.63) is 6.92 Å². The Morgan fingerprint density at radius 2 is 2.14 bits per heavy atom.